The number of nitrogens with one attached hydrogen (secondary N) is 2. The molecule has 140 valence electrons. The molecule has 28 heavy (non-hydrogen) atoms. The van der Waals surface area contributed by atoms with Gasteiger partial charge in [-0.05, 0) is 48.7 Å². The minimum Gasteiger partial charge on any atom is -0.351 e. The molecule has 2 heterocycles. The first-order chi connectivity index (χ1) is 13.5. The van der Waals surface area contributed by atoms with E-state index in [0.29, 0.717) is 16.6 Å². The summed E-state index contributed by atoms with van der Waals surface area (Å²) < 4.78 is 1.85. The number of hydrogen-bond acceptors (Lipinski definition) is 2. The third-order valence-electron chi connectivity index (χ3n) is 5.59. The Morgan fingerprint density at radius 2 is 2.04 bits per heavy atom. The number of halogens is 1. The number of rotatable bonds is 4. The summed E-state index contributed by atoms with van der Waals surface area (Å²) in [4.78, 5) is 16.1. The van der Waals surface area contributed by atoms with Crippen molar-refractivity contribution in [3.63, 3.8) is 0 Å². The van der Waals surface area contributed by atoms with Gasteiger partial charge in [0.15, 0.2) is 0 Å². The molecule has 0 aliphatic heterocycles. The maximum Gasteiger partial charge on any atom is 0.268 e. The molecule has 0 saturated heterocycles. The van der Waals surface area contributed by atoms with Gasteiger partial charge in [0.2, 0.25) is 0 Å². The van der Waals surface area contributed by atoms with Crippen molar-refractivity contribution < 1.29 is 4.79 Å². The van der Waals surface area contributed by atoms with Crippen molar-refractivity contribution in [3.05, 3.63) is 83.3 Å². The van der Waals surface area contributed by atoms with Gasteiger partial charge in [0, 0.05) is 27.7 Å². The molecule has 1 saturated carbocycles. The van der Waals surface area contributed by atoms with Crippen LogP contribution in [0.25, 0.3) is 16.6 Å². The Bertz CT molecular complexity index is 1180. The molecule has 2 N–H and O–H groups in total. The molecule has 5 rings (SSSR count). The van der Waals surface area contributed by atoms with E-state index < -0.39 is 0 Å². The summed E-state index contributed by atoms with van der Waals surface area (Å²) in [6.07, 6.45) is 4.75. The number of benzene rings is 2. The van der Waals surface area contributed by atoms with Gasteiger partial charge < -0.3 is 10.3 Å². The number of aromatic amines is 1. The van der Waals surface area contributed by atoms with Crippen molar-refractivity contribution in [3.8, 4) is 5.69 Å². The van der Waals surface area contributed by atoms with Crippen molar-refractivity contribution in [1.29, 1.82) is 0 Å². The highest BCUT2D eigenvalue weighted by molar-refractivity contribution is 6.31. The van der Waals surface area contributed by atoms with E-state index in [1.54, 1.807) is 0 Å². The molecule has 2 atom stereocenters. The zero-order valence-electron chi connectivity index (χ0n) is 15.3. The fraction of sp³-hybridized carbons (Fsp3) is 0.182. The van der Waals surface area contributed by atoms with Gasteiger partial charge >= 0.3 is 0 Å². The highest BCUT2D eigenvalue weighted by Gasteiger charge is 2.54. The molecule has 6 heteroatoms. The topological polar surface area (TPSA) is 62.7 Å². The van der Waals surface area contributed by atoms with E-state index in [1.807, 2.05) is 71.7 Å². The van der Waals surface area contributed by atoms with Crippen molar-refractivity contribution in [2.45, 2.75) is 18.9 Å². The van der Waals surface area contributed by atoms with E-state index in [4.69, 9.17) is 11.6 Å². The molecule has 2 aromatic heterocycles. The van der Waals surface area contributed by atoms with Gasteiger partial charge in [0.1, 0.15) is 5.69 Å². The first kappa shape index (κ1) is 17.1. The molecule has 1 amide bonds. The summed E-state index contributed by atoms with van der Waals surface area (Å²) in [7, 11) is 0. The standard InChI is InChI=1S/C22H19ClN4O/c1-14-11-22(14,16-12-24-27(13-16)18-5-3-2-4-6-18)26-21(28)20-10-15-9-17(23)7-8-19(15)25-20/h2-10,12-14,25H,11H2,1H3,(H,26,28)/t14-,22-/m0/s1. The van der Waals surface area contributed by atoms with Crippen LogP contribution in [-0.4, -0.2) is 20.7 Å². The van der Waals surface area contributed by atoms with Crippen LogP contribution in [0.1, 0.15) is 29.4 Å². The molecular formula is C22H19ClN4O. The van der Waals surface area contributed by atoms with Crippen LogP contribution in [-0.2, 0) is 5.54 Å². The Kier molecular flexibility index (Phi) is 3.81. The lowest BCUT2D eigenvalue weighted by atomic mass is 10.1. The van der Waals surface area contributed by atoms with Crippen molar-refractivity contribution in [1.82, 2.24) is 20.1 Å². The van der Waals surface area contributed by atoms with E-state index in [2.05, 4.69) is 22.3 Å². The predicted molar refractivity (Wildman–Crippen MR) is 110 cm³/mol. The van der Waals surface area contributed by atoms with Crippen LogP contribution in [0.2, 0.25) is 5.02 Å². The molecule has 1 aliphatic carbocycles. The molecular weight excluding hydrogens is 372 g/mol. The lowest BCUT2D eigenvalue weighted by Gasteiger charge is -2.17. The molecule has 0 unspecified atom stereocenters. The third kappa shape index (κ3) is 2.79. The molecule has 0 bridgehead atoms. The summed E-state index contributed by atoms with van der Waals surface area (Å²) in [5.41, 5.74) is 3.07. The number of nitrogens with zero attached hydrogens (tertiary/aromatic N) is 2. The zero-order chi connectivity index (χ0) is 19.3. The number of carbonyl (C=O) groups excluding carboxylic acids is 1. The van der Waals surface area contributed by atoms with E-state index >= 15 is 0 Å². The first-order valence-electron chi connectivity index (χ1n) is 9.26. The SMILES string of the molecule is C[C@H]1C[C@@]1(NC(=O)c1cc2cc(Cl)ccc2[nH]1)c1cnn(-c2ccccc2)c1. The van der Waals surface area contributed by atoms with Gasteiger partial charge in [0.05, 0.1) is 17.4 Å². The predicted octanol–water partition coefficient (Wildman–Crippen LogP) is 4.67. The van der Waals surface area contributed by atoms with Crippen LogP contribution in [0, 0.1) is 5.92 Å². The van der Waals surface area contributed by atoms with Crippen LogP contribution >= 0.6 is 11.6 Å². The van der Waals surface area contributed by atoms with Crippen LogP contribution in [0.15, 0.2) is 67.0 Å². The van der Waals surface area contributed by atoms with Crippen molar-refractivity contribution in [2.75, 3.05) is 0 Å². The Morgan fingerprint density at radius 3 is 2.79 bits per heavy atom. The van der Waals surface area contributed by atoms with Gasteiger partial charge in [-0.25, -0.2) is 4.68 Å². The fourth-order valence-electron chi connectivity index (χ4n) is 3.84. The number of fused-ring (bicyclic) bond motifs is 1. The summed E-state index contributed by atoms with van der Waals surface area (Å²) in [6, 6.07) is 17.3. The molecule has 5 nitrogen and oxygen atoms in total. The van der Waals surface area contributed by atoms with Gasteiger partial charge in [-0.3, -0.25) is 4.79 Å². The Balaban J connectivity index is 1.42. The fourth-order valence-corrected chi connectivity index (χ4v) is 4.02. The second-order valence-electron chi connectivity index (χ2n) is 7.45. The Labute approximate surface area is 167 Å². The zero-order valence-corrected chi connectivity index (χ0v) is 16.1. The van der Waals surface area contributed by atoms with Crippen LogP contribution in [0.5, 0.6) is 0 Å². The number of aromatic nitrogens is 3. The molecule has 0 radical (unpaired) electrons. The monoisotopic (exact) mass is 390 g/mol. The van der Waals surface area contributed by atoms with Gasteiger partial charge in [-0.15, -0.1) is 0 Å². The van der Waals surface area contributed by atoms with Gasteiger partial charge in [-0.2, -0.15) is 5.10 Å². The highest BCUT2D eigenvalue weighted by Crippen LogP contribution is 2.51. The summed E-state index contributed by atoms with van der Waals surface area (Å²) in [5.74, 6) is 0.229. The average Bonchev–Trinajstić information content (AvgIpc) is 3.10. The molecule has 2 aromatic carbocycles. The second kappa shape index (κ2) is 6.24. The maximum absolute atomic E-state index is 12.9. The quantitative estimate of drug-likeness (QED) is 0.531. The van der Waals surface area contributed by atoms with Crippen molar-refractivity contribution in [2.24, 2.45) is 5.92 Å². The molecule has 4 aromatic rings. The van der Waals surface area contributed by atoms with E-state index in [9.17, 15) is 4.79 Å². The highest BCUT2D eigenvalue weighted by atomic mass is 35.5. The maximum atomic E-state index is 12.9. The second-order valence-corrected chi connectivity index (χ2v) is 7.89. The molecule has 1 fully saturated rings. The normalized spacial score (nSPS) is 21.0. The summed E-state index contributed by atoms with van der Waals surface area (Å²) in [5, 5.41) is 9.30. The van der Waals surface area contributed by atoms with Gasteiger partial charge in [0.25, 0.3) is 5.91 Å². The number of hydrogen-bond donors (Lipinski definition) is 2. The largest absolute Gasteiger partial charge is 0.351 e. The lowest BCUT2D eigenvalue weighted by Crippen LogP contribution is -2.36. The Morgan fingerprint density at radius 1 is 1.25 bits per heavy atom. The third-order valence-corrected chi connectivity index (χ3v) is 5.83. The van der Waals surface area contributed by atoms with Crippen LogP contribution in [0.3, 0.4) is 0 Å². The van der Waals surface area contributed by atoms with E-state index in [0.717, 1.165) is 28.6 Å². The minimum absolute atomic E-state index is 0.121. The van der Waals surface area contributed by atoms with E-state index in [1.165, 1.54) is 0 Å². The Hall–Kier alpha value is -3.05. The molecule has 1 aliphatic rings. The number of carbonyl (C=O) groups is 1. The van der Waals surface area contributed by atoms with Gasteiger partial charge in [-0.1, -0.05) is 36.7 Å². The van der Waals surface area contributed by atoms with Crippen LogP contribution < -0.4 is 5.32 Å². The van der Waals surface area contributed by atoms with Crippen molar-refractivity contribution >= 4 is 28.4 Å². The lowest BCUT2D eigenvalue weighted by molar-refractivity contribution is 0.0923. The molecule has 0 spiro atoms. The first-order valence-corrected chi connectivity index (χ1v) is 9.64. The minimum atomic E-state index is -0.376. The number of H-pyrrole nitrogens is 1. The summed E-state index contributed by atoms with van der Waals surface area (Å²) >= 11 is 6.05. The number of para-hydroxylation sites is 1. The van der Waals surface area contributed by atoms with Crippen LogP contribution in [0.4, 0.5) is 0 Å². The van der Waals surface area contributed by atoms with E-state index in [-0.39, 0.29) is 11.4 Å². The smallest absolute Gasteiger partial charge is 0.268 e. The average molecular weight is 391 g/mol. The number of amides is 1. The summed E-state index contributed by atoms with van der Waals surface area (Å²) in [6.45, 7) is 2.14.